The lowest BCUT2D eigenvalue weighted by Gasteiger charge is -2.27. The van der Waals surface area contributed by atoms with E-state index in [1.54, 1.807) is 12.1 Å². The van der Waals surface area contributed by atoms with Gasteiger partial charge in [-0.2, -0.15) is 5.26 Å². The van der Waals surface area contributed by atoms with Crippen LogP contribution in [0.4, 0.5) is 0 Å². The van der Waals surface area contributed by atoms with Crippen molar-refractivity contribution in [2.75, 3.05) is 0 Å². The van der Waals surface area contributed by atoms with Crippen molar-refractivity contribution in [3.63, 3.8) is 0 Å². The van der Waals surface area contributed by atoms with Crippen molar-refractivity contribution in [2.45, 2.75) is 26.8 Å². The molecule has 0 saturated heterocycles. The quantitative estimate of drug-likeness (QED) is 0.737. The van der Waals surface area contributed by atoms with Crippen LogP contribution in [0.3, 0.4) is 0 Å². The molecule has 3 N–H and O–H groups in total. The molecule has 1 aromatic carbocycles. The largest absolute Gasteiger partial charge is 0.508 e. The third kappa shape index (κ3) is 2.48. The van der Waals surface area contributed by atoms with E-state index in [-0.39, 0.29) is 17.2 Å². The number of hydrogen-bond donors (Lipinski definition) is 2. The molecule has 0 unspecified atom stereocenters. The summed E-state index contributed by atoms with van der Waals surface area (Å²) in [5, 5.41) is 18.4. The zero-order valence-corrected chi connectivity index (χ0v) is 9.28. The van der Waals surface area contributed by atoms with E-state index in [1.807, 2.05) is 26.8 Å². The summed E-state index contributed by atoms with van der Waals surface area (Å²) in [5.41, 5.74) is 7.02. The van der Waals surface area contributed by atoms with Gasteiger partial charge in [-0.1, -0.05) is 20.8 Å². The molecule has 0 aromatic heterocycles. The summed E-state index contributed by atoms with van der Waals surface area (Å²) < 4.78 is 0. The van der Waals surface area contributed by atoms with Crippen molar-refractivity contribution in [3.05, 3.63) is 29.3 Å². The van der Waals surface area contributed by atoms with Crippen molar-refractivity contribution >= 4 is 0 Å². The Bertz CT molecular complexity index is 399. The van der Waals surface area contributed by atoms with Crippen LogP contribution in [0.5, 0.6) is 5.75 Å². The number of aromatic hydroxyl groups is 1. The molecule has 0 fully saturated rings. The molecule has 0 aliphatic rings. The molecule has 3 heteroatoms. The fourth-order valence-electron chi connectivity index (χ4n) is 1.34. The van der Waals surface area contributed by atoms with Crippen LogP contribution in [0.15, 0.2) is 18.2 Å². The maximum atomic E-state index is 9.67. The standard InChI is InChI=1S/C12H16N2O/c1-12(2,3)11(14)9-6-8(7-13)4-5-10(9)15/h4-6,11,15H,14H2,1-3H3/t11-/m0/s1. The number of rotatable bonds is 1. The first kappa shape index (κ1) is 11.5. The zero-order valence-electron chi connectivity index (χ0n) is 9.28. The average Bonchev–Trinajstić information content (AvgIpc) is 2.16. The molecule has 1 rings (SSSR count). The minimum Gasteiger partial charge on any atom is -0.508 e. The third-order valence-electron chi connectivity index (χ3n) is 2.42. The summed E-state index contributed by atoms with van der Waals surface area (Å²) in [6.45, 7) is 5.99. The van der Waals surface area contributed by atoms with Crippen molar-refractivity contribution < 1.29 is 5.11 Å². The highest BCUT2D eigenvalue weighted by molar-refractivity contribution is 5.43. The van der Waals surface area contributed by atoms with Gasteiger partial charge in [0.2, 0.25) is 0 Å². The molecule has 1 atom stereocenters. The fourth-order valence-corrected chi connectivity index (χ4v) is 1.34. The van der Waals surface area contributed by atoms with Gasteiger partial charge < -0.3 is 10.8 Å². The highest BCUT2D eigenvalue weighted by atomic mass is 16.3. The van der Waals surface area contributed by atoms with Crippen LogP contribution in [0.25, 0.3) is 0 Å². The number of nitrogens with zero attached hydrogens (tertiary/aromatic N) is 1. The van der Waals surface area contributed by atoms with E-state index in [4.69, 9.17) is 11.0 Å². The molecule has 1 aromatic rings. The maximum absolute atomic E-state index is 9.67. The second-order valence-electron chi connectivity index (χ2n) is 4.73. The fraction of sp³-hybridized carbons (Fsp3) is 0.417. The summed E-state index contributed by atoms with van der Waals surface area (Å²) in [4.78, 5) is 0. The number of phenolic OH excluding ortho intramolecular Hbond substituents is 1. The third-order valence-corrected chi connectivity index (χ3v) is 2.42. The Kier molecular flexibility index (Phi) is 3.01. The minimum atomic E-state index is -0.286. The number of benzene rings is 1. The van der Waals surface area contributed by atoms with Gasteiger partial charge in [-0.3, -0.25) is 0 Å². The van der Waals surface area contributed by atoms with Gasteiger partial charge in [-0.25, -0.2) is 0 Å². The van der Waals surface area contributed by atoms with Gasteiger partial charge in [-0.15, -0.1) is 0 Å². The van der Waals surface area contributed by atoms with E-state index in [1.165, 1.54) is 6.07 Å². The lowest BCUT2D eigenvalue weighted by molar-refractivity contribution is 0.317. The Balaban J connectivity index is 3.20. The first-order valence-corrected chi connectivity index (χ1v) is 4.85. The first-order chi connectivity index (χ1) is 6.86. The summed E-state index contributed by atoms with van der Waals surface area (Å²) in [6.07, 6.45) is 0. The van der Waals surface area contributed by atoms with Crippen LogP contribution < -0.4 is 5.73 Å². The second kappa shape index (κ2) is 3.92. The molecule has 15 heavy (non-hydrogen) atoms. The molecule has 0 aliphatic heterocycles. The molecule has 3 nitrogen and oxygen atoms in total. The number of nitrogens with two attached hydrogens (primary N) is 1. The Hall–Kier alpha value is -1.53. The highest BCUT2D eigenvalue weighted by Crippen LogP contribution is 2.35. The van der Waals surface area contributed by atoms with E-state index >= 15 is 0 Å². The molecule has 80 valence electrons. The van der Waals surface area contributed by atoms with Gasteiger partial charge >= 0.3 is 0 Å². The summed E-state index contributed by atoms with van der Waals surface area (Å²) in [6, 6.07) is 6.48. The molecule has 0 bridgehead atoms. The van der Waals surface area contributed by atoms with Crippen molar-refractivity contribution in [2.24, 2.45) is 11.1 Å². The normalized spacial score (nSPS) is 13.3. The average molecular weight is 204 g/mol. The smallest absolute Gasteiger partial charge is 0.120 e. The van der Waals surface area contributed by atoms with Gasteiger partial charge in [0.15, 0.2) is 0 Å². The van der Waals surface area contributed by atoms with Gasteiger partial charge in [0, 0.05) is 11.6 Å². The van der Waals surface area contributed by atoms with Gasteiger partial charge in [0.1, 0.15) is 5.75 Å². The molecule has 0 heterocycles. The van der Waals surface area contributed by atoms with Gasteiger partial charge in [0.25, 0.3) is 0 Å². The van der Waals surface area contributed by atoms with Crippen LogP contribution in [0, 0.1) is 16.7 Å². The summed E-state index contributed by atoms with van der Waals surface area (Å²) in [7, 11) is 0. The van der Waals surface area contributed by atoms with E-state index in [0.717, 1.165) is 0 Å². The topological polar surface area (TPSA) is 70.0 Å². The van der Waals surface area contributed by atoms with Gasteiger partial charge in [-0.05, 0) is 23.6 Å². The van der Waals surface area contributed by atoms with Crippen molar-refractivity contribution in [1.29, 1.82) is 5.26 Å². The molecule has 0 aliphatic carbocycles. The minimum absolute atomic E-state index is 0.147. The van der Waals surface area contributed by atoms with Crippen LogP contribution in [0.2, 0.25) is 0 Å². The highest BCUT2D eigenvalue weighted by Gasteiger charge is 2.24. The molecular formula is C12H16N2O. The van der Waals surface area contributed by atoms with E-state index < -0.39 is 0 Å². The lowest BCUT2D eigenvalue weighted by atomic mass is 9.82. The van der Waals surface area contributed by atoms with Crippen molar-refractivity contribution in [1.82, 2.24) is 0 Å². The maximum Gasteiger partial charge on any atom is 0.120 e. The Morgan fingerprint density at radius 2 is 2.00 bits per heavy atom. The van der Waals surface area contributed by atoms with E-state index in [2.05, 4.69) is 0 Å². The predicted molar refractivity (Wildman–Crippen MR) is 59.2 cm³/mol. The molecule has 0 spiro atoms. The Morgan fingerprint density at radius 1 is 1.40 bits per heavy atom. The lowest BCUT2D eigenvalue weighted by Crippen LogP contribution is -2.26. The SMILES string of the molecule is CC(C)(C)[C@@H](N)c1cc(C#N)ccc1O. The monoisotopic (exact) mass is 204 g/mol. The molecular weight excluding hydrogens is 188 g/mol. The predicted octanol–water partition coefficient (Wildman–Crippen LogP) is 2.31. The Morgan fingerprint density at radius 3 is 2.47 bits per heavy atom. The van der Waals surface area contributed by atoms with Crippen LogP contribution in [-0.4, -0.2) is 5.11 Å². The van der Waals surface area contributed by atoms with Crippen LogP contribution >= 0.6 is 0 Å². The summed E-state index contributed by atoms with van der Waals surface area (Å²) >= 11 is 0. The number of nitriles is 1. The zero-order chi connectivity index (χ0) is 11.6. The molecule has 0 saturated carbocycles. The van der Waals surface area contributed by atoms with Crippen LogP contribution in [-0.2, 0) is 0 Å². The molecule has 0 radical (unpaired) electrons. The second-order valence-corrected chi connectivity index (χ2v) is 4.73. The van der Waals surface area contributed by atoms with Gasteiger partial charge in [0.05, 0.1) is 11.6 Å². The van der Waals surface area contributed by atoms with E-state index in [0.29, 0.717) is 11.1 Å². The van der Waals surface area contributed by atoms with Crippen molar-refractivity contribution in [3.8, 4) is 11.8 Å². The number of phenols is 1. The van der Waals surface area contributed by atoms with E-state index in [9.17, 15) is 5.11 Å². The molecule has 0 amide bonds. The first-order valence-electron chi connectivity index (χ1n) is 4.85. The van der Waals surface area contributed by atoms with Crippen LogP contribution in [0.1, 0.15) is 37.9 Å². The number of hydrogen-bond acceptors (Lipinski definition) is 3. The summed E-state index contributed by atoms with van der Waals surface area (Å²) in [5.74, 6) is 0.149. The Labute approximate surface area is 90.1 Å².